The highest BCUT2D eigenvalue weighted by atomic mass is 32.2. The summed E-state index contributed by atoms with van der Waals surface area (Å²) in [7, 11) is -3.58. The number of nitrogens with zero attached hydrogens (tertiary/aromatic N) is 3. The number of carbonyl (C=O) groups is 1. The van der Waals surface area contributed by atoms with Crippen molar-refractivity contribution >= 4 is 21.6 Å². The molecule has 0 spiro atoms. The highest BCUT2D eigenvalue weighted by molar-refractivity contribution is 7.89. The second kappa shape index (κ2) is 9.54. The minimum atomic E-state index is -3.58. The fourth-order valence-electron chi connectivity index (χ4n) is 3.03. The van der Waals surface area contributed by atoms with Crippen molar-refractivity contribution in [1.82, 2.24) is 19.5 Å². The van der Waals surface area contributed by atoms with Gasteiger partial charge in [0.1, 0.15) is 12.7 Å². The molecule has 1 aromatic heterocycles. The molecule has 4 rings (SSSR count). The summed E-state index contributed by atoms with van der Waals surface area (Å²) in [5.74, 6) is -0.245. The molecule has 0 aliphatic heterocycles. The van der Waals surface area contributed by atoms with Gasteiger partial charge in [0.15, 0.2) is 0 Å². The van der Waals surface area contributed by atoms with Crippen molar-refractivity contribution in [3.63, 3.8) is 0 Å². The van der Waals surface area contributed by atoms with Crippen molar-refractivity contribution in [2.45, 2.75) is 18.0 Å². The third kappa shape index (κ3) is 5.45. The van der Waals surface area contributed by atoms with Gasteiger partial charge in [-0.3, -0.25) is 4.79 Å². The Morgan fingerprint density at radius 2 is 1.56 bits per heavy atom. The van der Waals surface area contributed by atoms with Gasteiger partial charge in [-0.1, -0.05) is 42.5 Å². The first kappa shape index (κ1) is 21.4. The van der Waals surface area contributed by atoms with Crippen molar-refractivity contribution in [2.24, 2.45) is 0 Å². The summed E-state index contributed by atoms with van der Waals surface area (Å²) in [6.45, 7) is 0.732. The number of rotatable bonds is 8. The van der Waals surface area contributed by atoms with Crippen LogP contribution in [0.1, 0.15) is 21.5 Å². The largest absolute Gasteiger partial charge is 0.322 e. The van der Waals surface area contributed by atoms with E-state index in [0.29, 0.717) is 17.8 Å². The zero-order chi connectivity index (χ0) is 22.4. The van der Waals surface area contributed by atoms with E-state index in [9.17, 15) is 13.2 Å². The van der Waals surface area contributed by atoms with Gasteiger partial charge < -0.3 is 5.32 Å². The molecule has 0 aliphatic carbocycles. The van der Waals surface area contributed by atoms with Gasteiger partial charge in [0, 0.05) is 17.8 Å². The predicted molar refractivity (Wildman–Crippen MR) is 120 cm³/mol. The number of nitrogens with one attached hydrogen (secondary N) is 2. The predicted octanol–water partition coefficient (Wildman–Crippen LogP) is 3.06. The van der Waals surface area contributed by atoms with E-state index in [1.807, 2.05) is 24.3 Å². The molecule has 0 saturated heterocycles. The van der Waals surface area contributed by atoms with Crippen molar-refractivity contribution in [3.05, 3.63) is 108 Å². The number of hydrogen-bond donors (Lipinski definition) is 2. The van der Waals surface area contributed by atoms with Gasteiger partial charge in [0.25, 0.3) is 5.91 Å². The lowest BCUT2D eigenvalue weighted by Crippen LogP contribution is -2.23. The standard InChI is InChI=1S/C23H21N5O3S/c29-23(27-21-12-8-19(9-13-21)15-28-17-24-16-25-28)20-10-6-18(7-11-20)14-26-32(30,31)22-4-2-1-3-5-22/h1-13,16-17,26H,14-15H2,(H,27,29). The first-order valence-electron chi connectivity index (χ1n) is 9.86. The average molecular weight is 448 g/mol. The van der Waals surface area contributed by atoms with Crippen LogP contribution in [0.2, 0.25) is 0 Å². The second-order valence-electron chi connectivity index (χ2n) is 7.08. The van der Waals surface area contributed by atoms with Crippen LogP contribution in [0.3, 0.4) is 0 Å². The van der Waals surface area contributed by atoms with Crippen LogP contribution >= 0.6 is 0 Å². The summed E-state index contributed by atoms with van der Waals surface area (Å²) in [6, 6.07) is 22.5. The normalized spacial score (nSPS) is 11.2. The molecular weight excluding hydrogens is 426 g/mol. The minimum absolute atomic E-state index is 0.131. The summed E-state index contributed by atoms with van der Waals surface area (Å²) < 4.78 is 28.9. The van der Waals surface area contributed by atoms with Crippen LogP contribution in [-0.2, 0) is 23.1 Å². The summed E-state index contributed by atoms with van der Waals surface area (Å²) in [5.41, 5.74) is 2.94. The Balaban J connectivity index is 1.33. The molecule has 1 heterocycles. The van der Waals surface area contributed by atoms with Gasteiger partial charge in [0.05, 0.1) is 11.4 Å². The lowest BCUT2D eigenvalue weighted by molar-refractivity contribution is 0.102. The molecule has 32 heavy (non-hydrogen) atoms. The van der Waals surface area contributed by atoms with E-state index < -0.39 is 10.0 Å². The number of anilines is 1. The van der Waals surface area contributed by atoms with E-state index in [1.165, 1.54) is 18.5 Å². The number of amides is 1. The lowest BCUT2D eigenvalue weighted by atomic mass is 10.1. The Morgan fingerprint density at radius 1 is 0.875 bits per heavy atom. The maximum absolute atomic E-state index is 12.5. The maximum Gasteiger partial charge on any atom is 0.255 e. The van der Waals surface area contributed by atoms with E-state index in [4.69, 9.17) is 0 Å². The SMILES string of the molecule is O=C(Nc1ccc(Cn2cncn2)cc1)c1ccc(CNS(=O)(=O)c2ccccc2)cc1. The molecule has 162 valence electrons. The molecule has 4 aromatic rings. The minimum Gasteiger partial charge on any atom is -0.322 e. The molecule has 3 aromatic carbocycles. The summed E-state index contributed by atoms with van der Waals surface area (Å²) in [5, 5.41) is 6.93. The monoisotopic (exact) mass is 447 g/mol. The summed E-state index contributed by atoms with van der Waals surface area (Å²) >= 11 is 0. The quantitative estimate of drug-likeness (QED) is 0.432. The Hall–Kier alpha value is -3.82. The Bertz CT molecular complexity index is 1270. The zero-order valence-electron chi connectivity index (χ0n) is 17.0. The number of aromatic nitrogens is 3. The molecular formula is C23H21N5O3S. The third-order valence-corrected chi connectivity index (χ3v) is 6.18. The fourth-order valence-corrected chi connectivity index (χ4v) is 4.07. The molecule has 0 unspecified atom stereocenters. The topological polar surface area (TPSA) is 106 Å². The van der Waals surface area contributed by atoms with Gasteiger partial charge in [-0.25, -0.2) is 22.8 Å². The molecule has 9 heteroatoms. The average Bonchev–Trinajstić information content (AvgIpc) is 3.33. The van der Waals surface area contributed by atoms with Crippen LogP contribution in [0, 0.1) is 0 Å². The van der Waals surface area contributed by atoms with Crippen LogP contribution < -0.4 is 10.0 Å². The van der Waals surface area contributed by atoms with Crippen LogP contribution in [0.4, 0.5) is 5.69 Å². The Labute approximate surface area is 186 Å². The van der Waals surface area contributed by atoms with Crippen molar-refractivity contribution < 1.29 is 13.2 Å². The van der Waals surface area contributed by atoms with Crippen molar-refractivity contribution in [2.75, 3.05) is 5.32 Å². The second-order valence-corrected chi connectivity index (χ2v) is 8.85. The molecule has 2 N–H and O–H groups in total. The highest BCUT2D eigenvalue weighted by Gasteiger charge is 2.13. The first-order chi connectivity index (χ1) is 15.5. The van der Waals surface area contributed by atoms with Crippen molar-refractivity contribution in [1.29, 1.82) is 0 Å². The van der Waals surface area contributed by atoms with Crippen LogP contribution in [-0.4, -0.2) is 29.1 Å². The molecule has 0 radical (unpaired) electrons. The van der Waals surface area contributed by atoms with E-state index in [0.717, 1.165) is 11.1 Å². The van der Waals surface area contributed by atoms with Gasteiger partial charge >= 0.3 is 0 Å². The molecule has 8 nitrogen and oxygen atoms in total. The van der Waals surface area contributed by atoms with Crippen LogP contribution in [0.5, 0.6) is 0 Å². The number of hydrogen-bond acceptors (Lipinski definition) is 5. The van der Waals surface area contributed by atoms with Crippen LogP contribution in [0.25, 0.3) is 0 Å². The molecule has 1 amide bonds. The number of carbonyl (C=O) groups excluding carboxylic acids is 1. The molecule has 0 saturated carbocycles. The van der Waals surface area contributed by atoms with Crippen molar-refractivity contribution in [3.8, 4) is 0 Å². The first-order valence-corrected chi connectivity index (χ1v) is 11.3. The molecule has 0 bridgehead atoms. The maximum atomic E-state index is 12.5. The lowest BCUT2D eigenvalue weighted by Gasteiger charge is -2.09. The fraction of sp³-hybridized carbons (Fsp3) is 0.0870. The van der Waals surface area contributed by atoms with Crippen LogP contribution in [0.15, 0.2) is 96.4 Å². The van der Waals surface area contributed by atoms with Gasteiger partial charge in [-0.05, 0) is 47.5 Å². The van der Waals surface area contributed by atoms with Gasteiger partial charge in [-0.2, -0.15) is 5.10 Å². The smallest absolute Gasteiger partial charge is 0.255 e. The molecule has 0 fully saturated rings. The highest BCUT2D eigenvalue weighted by Crippen LogP contribution is 2.14. The number of sulfonamides is 1. The third-order valence-electron chi connectivity index (χ3n) is 4.76. The molecule has 0 atom stereocenters. The van der Waals surface area contributed by atoms with Gasteiger partial charge in [0.2, 0.25) is 10.0 Å². The summed E-state index contributed by atoms with van der Waals surface area (Å²) in [6.07, 6.45) is 3.13. The van der Waals surface area contributed by atoms with E-state index in [1.54, 1.807) is 53.5 Å². The zero-order valence-corrected chi connectivity index (χ0v) is 17.9. The van der Waals surface area contributed by atoms with E-state index in [-0.39, 0.29) is 17.3 Å². The Morgan fingerprint density at radius 3 is 2.22 bits per heavy atom. The van der Waals surface area contributed by atoms with E-state index in [2.05, 4.69) is 20.1 Å². The number of benzene rings is 3. The van der Waals surface area contributed by atoms with E-state index >= 15 is 0 Å². The Kier molecular flexibility index (Phi) is 6.39. The molecule has 0 aliphatic rings. The van der Waals surface area contributed by atoms with Gasteiger partial charge in [-0.15, -0.1) is 0 Å². The summed E-state index contributed by atoms with van der Waals surface area (Å²) in [4.78, 5) is 16.6.